The van der Waals surface area contributed by atoms with E-state index in [0.29, 0.717) is 12.1 Å². The number of hydrogen-bond acceptors (Lipinski definition) is 2. The smallest absolute Gasteiger partial charge is 0.0444 e. The van der Waals surface area contributed by atoms with E-state index in [-0.39, 0.29) is 0 Å². The standard InChI is InChI=1S/C14H28N2/c1-5-7-9-15-14-12(3)11-16(13(14)4)10-8-6-2/h13-15H,3,5-11H2,1-2,4H3/t13-,14-/m0/s1. The second kappa shape index (κ2) is 7.08. The molecule has 94 valence electrons. The van der Waals surface area contributed by atoms with Crippen LogP contribution in [0.3, 0.4) is 0 Å². The van der Waals surface area contributed by atoms with Crippen LogP contribution in [0.2, 0.25) is 0 Å². The van der Waals surface area contributed by atoms with Crippen molar-refractivity contribution in [1.82, 2.24) is 10.2 Å². The van der Waals surface area contributed by atoms with E-state index >= 15 is 0 Å². The van der Waals surface area contributed by atoms with Crippen LogP contribution >= 0.6 is 0 Å². The van der Waals surface area contributed by atoms with Crippen LogP contribution in [-0.4, -0.2) is 36.6 Å². The Hall–Kier alpha value is -0.340. The molecule has 1 heterocycles. The summed E-state index contributed by atoms with van der Waals surface area (Å²) in [6.07, 6.45) is 5.12. The largest absolute Gasteiger partial charge is 0.309 e. The van der Waals surface area contributed by atoms with Gasteiger partial charge in [-0.3, -0.25) is 4.90 Å². The molecule has 0 aromatic rings. The lowest BCUT2D eigenvalue weighted by Crippen LogP contribution is -2.41. The molecular weight excluding hydrogens is 196 g/mol. The highest BCUT2D eigenvalue weighted by atomic mass is 15.2. The third-order valence-electron chi connectivity index (χ3n) is 3.60. The maximum Gasteiger partial charge on any atom is 0.0444 e. The third-order valence-corrected chi connectivity index (χ3v) is 3.60. The van der Waals surface area contributed by atoms with Crippen molar-refractivity contribution in [2.75, 3.05) is 19.6 Å². The van der Waals surface area contributed by atoms with Gasteiger partial charge in [-0.15, -0.1) is 0 Å². The van der Waals surface area contributed by atoms with Crippen LogP contribution in [-0.2, 0) is 0 Å². The summed E-state index contributed by atoms with van der Waals surface area (Å²) in [5.41, 5.74) is 1.37. The van der Waals surface area contributed by atoms with Crippen molar-refractivity contribution >= 4 is 0 Å². The van der Waals surface area contributed by atoms with E-state index in [9.17, 15) is 0 Å². The van der Waals surface area contributed by atoms with Gasteiger partial charge in [0.1, 0.15) is 0 Å². The predicted molar refractivity (Wildman–Crippen MR) is 71.8 cm³/mol. The minimum atomic E-state index is 0.517. The van der Waals surface area contributed by atoms with Crippen LogP contribution < -0.4 is 5.32 Å². The zero-order valence-corrected chi connectivity index (χ0v) is 11.3. The van der Waals surface area contributed by atoms with Gasteiger partial charge < -0.3 is 5.32 Å². The van der Waals surface area contributed by atoms with Crippen molar-refractivity contribution in [3.05, 3.63) is 12.2 Å². The first-order chi connectivity index (χ1) is 7.70. The molecular formula is C14H28N2. The second-order valence-electron chi connectivity index (χ2n) is 5.01. The van der Waals surface area contributed by atoms with Gasteiger partial charge >= 0.3 is 0 Å². The summed E-state index contributed by atoms with van der Waals surface area (Å²) in [4.78, 5) is 2.56. The van der Waals surface area contributed by atoms with Crippen LogP contribution in [0.5, 0.6) is 0 Å². The molecule has 0 spiro atoms. The molecule has 0 aliphatic carbocycles. The van der Waals surface area contributed by atoms with Crippen LogP contribution in [0.25, 0.3) is 0 Å². The maximum atomic E-state index is 4.22. The first-order valence-corrected chi connectivity index (χ1v) is 6.85. The molecule has 1 aliphatic heterocycles. The first kappa shape index (κ1) is 13.7. The Morgan fingerprint density at radius 2 is 2.00 bits per heavy atom. The Kier molecular flexibility index (Phi) is 6.07. The Morgan fingerprint density at radius 1 is 1.31 bits per heavy atom. The summed E-state index contributed by atoms with van der Waals surface area (Å²) in [5.74, 6) is 0. The molecule has 0 aromatic carbocycles. The van der Waals surface area contributed by atoms with Crippen LogP contribution in [0.1, 0.15) is 46.5 Å². The molecule has 0 bridgehead atoms. The number of unbranched alkanes of at least 4 members (excludes halogenated alkanes) is 2. The normalized spacial score (nSPS) is 26.6. The maximum absolute atomic E-state index is 4.22. The van der Waals surface area contributed by atoms with Crippen molar-refractivity contribution < 1.29 is 0 Å². The first-order valence-electron chi connectivity index (χ1n) is 6.85. The van der Waals surface area contributed by atoms with Gasteiger partial charge in [-0.2, -0.15) is 0 Å². The van der Waals surface area contributed by atoms with E-state index in [1.165, 1.54) is 37.8 Å². The summed E-state index contributed by atoms with van der Waals surface area (Å²) in [6.45, 7) is 14.5. The number of likely N-dealkylation sites (tertiary alicyclic amines) is 1. The molecule has 2 nitrogen and oxygen atoms in total. The van der Waals surface area contributed by atoms with Gasteiger partial charge in [0.05, 0.1) is 0 Å². The van der Waals surface area contributed by atoms with E-state index in [4.69, 9.17) is 0 Å². The van der Waals surface area contributed by atoms with Gasteiger partial charge in [0.15, 0.2) is 0 Å². The molecule has 1 rings (SSSR count). The summed E-state index contributed by atoms with van der Waals surface area (Å²) in [6, 6.07) is 1.14. The van der Waals surface area contributed by atoms with E-state index in [2.05, 4.69) is 37.6 Å². The second-order valence-corrected chi connectivity index (χ2v) is 5.01. The van der Waals surface area contributed by atoms with Crippen molar-refractivity contribution in [2.24, 2.45) is 0 Å². The van der Waals surface area contributed by atoms with Crippen LogP contribution in [0.4, 0.5) is 0 Å². The molecule has 1 aliphatic rings. The van der Waals surface area contributed by atoms with Gasteiger partial charge in [-0.1, -0.05) is 33.3 Å². The van der Waals surface area contributed by atoms with Crippen LogP contribution in [0, 0.1) is 0 Å². The minimum Gasteiger partial charge on any atom is -0.309 e. The monoisotopic (exact) mass is 224 g/mol. The van der Waals surface area contributed by atoms with E-state index in [0.717, 1.165) is 13.1 Å². The summed E-state index contributed by atoms with van der Waals surface area (Å²) >= 11 is 0. The fourth-order valence-electron chi connectivity index (χ4n) is 2.45. The van der Waals surface area contributed by atoms with Gasteiger partial charge in [0.25, 0.3) is 0 Å². The Balaban J connectivity index is 2.37. The topological polar surface area (TPSA) is 15.3 Å². The van der Waals surface area contributed by atoms with Crippen molar-refractivity contribution in [2.45, 2.75) is 58.5 Å². The van der Waals surface area contributed by atoms with Crippen LogP contribution in [0.15, 0.2) is 12.2 Å². The number of rotatable bonds is 7. The van der Waals surface area contributed by atoms with Gasteiger partial charge in [-0.05, 0) is 38.4 Å². The predicted octanol–water partition coefficient (Wildman–Crippen LogP) is 2.81. The average Bonchev–Trinajstić information content (AvgIpc) is 2.54. The quantitative estimate of drug-likeness (QED) is 0.528. The van der Waals surface area contributed by atoms with Crippen molar-refractivity contribution in [3.63, 3.8) is 0 Å². The number of nitrogens with zero attached hydrogens (tertiary/aromatic N) is 1. The fraction of sp³-hybridized carbons (Fsp3) is 0.857. The SMILES string of the molecule is C=C1CN(CCCC)[C@@H](C)[C@H]1NCCCC. The van der Waals surface area contributed by atoms with Gasteiger partial charge in [-0.25, -0.2) is 0 Å². The molecule has 1 fully saturated rings. The highest BCUT2D eigenvalue weighted by Crippen LogP contribution is 2.22. The Morgan fingerprint density at radius 3 is 2.62 bits per heavy atom. The fourth-order valence-corrected chi connectivity index (χ4v) is 2.45. The molecule has 0 saturated carbocycles. The summed E-state index contributed by atoms with van der Waals surface area (Å²) in [5, 5.41) is 3.65. The number of nitrogens with one attached hydrogen (secondary N) is 1. The van der Waals surface area contributed by atoms with Gasteiger partial charge in [0.2, 0.25) is 0 Å². The Bertz CT molecular complexity index is 213. The zero-order valence-electron chi connectivity index (χ0n) is 11.3. The molecule has 0 radical (unpaired) electrons. The van der Waals surface area contributed by atoms with E-state index < -0.39 is 0 Å². The number of hydrogen-bond donors (Lipinski definition) is 1. The molecule has 16 heavy (non-hydrogen) atoms. The van der Waals surface area contributed by atoms with E-state index in [1.54, 1.807) is 0 Å². The summed E-state index contributed by atoms with van der Waals surface area (Å²) in [7, 11) is 0. The molecule has 2 atom stereocenters. The van der Waals surface area contributed by atoms with Gasteiger partial charge in [0, 0.05) is 18.6 Å². The molecule has 0 unspecified atom stereocenters. The lowest BCUT2D eigenvalue weighted by Gasteiger charge is -2.24. The molecule has 1 N–H and O–H groups in total. The highest BCUT2D eigenvalue weighted by Gasteiger charge is 2.32. The molecule has 0 amide bonds. The lowest BCUT2D eigenvalue weighted by molar-refractivity contribution is 0.246. The minimum absolute atomic E-state index is 0.517. The van der Waals surface area contributed by atoms with E-state index in [1.807, 2.05) is 0 Å². The third kappa shape index (κ3) is 3.60. The van der Waals surface area contributed by atoms with Crippen molar-refractivity contribution in [3.8, 4) is 0 Å². The van der Waals surface area contributed by atoms with Crippen molar-refractivity contribution in [1.29, 1.82) is 0 Å². The molecule has 2 heteroatoms. The average molecular weight is 224 g/mol. The molecule has 1 saturated heterocycles. The molecule has 0 aromatic heterocycles. The Labute approximate surface area is 101 Å². The highest BCUT2D eigenvalue weighted by molar-refractivity contribution is 5.18. The summed E-state index contributed by atoms with van der Waals surface area (Å²) < 4.78 is 0. The zero-order chi connectivity index (χ0) is 12.0. The lowest BCUT2D eigenvalue weighted by atomic mass is 10.1.